The number of hydrogen-bond acceptors (Lipinski definition) is 4. The van der Waals surface area contributed by atoms with E-state index in [0.29, 0.717) is 18.7 Å². The van der Waals surface area contributed by atoms with Gasteiger partial charge in [-0.3, -0.25) is 4.99 Å². The molecule has 1 aliphatic heterocycles. The van der Waals surface area contributed by atoms with Gasteiger partial charge in [-0.2, -0.15) is 0 Å². The number of hydrogen-bond donors (Lipinski definition) is 1. The van der Waals surface area contributed by atoms with E-state index >= 15 is 0 Å². The molecular formula is C14H26N2O2S. The molecule has 1 saturated heterocycles. The van der Waals surface area contributed by atoms with Crippen molar-refractivity contribution in [3.05, 3.63) is 0 Å². The molecule has 0 aromatic heterocycles. The zero-order valence-corrected chi connectivity index (χ0v) is 13.1. The molecule has 2 fully saturated rings. The van der Waals surface area contributed by atoms with Crippen LogP contribution in [0.1, 0.15) is 32.6 Å². The topological polar surface area (TPSA) is 42.8 Å². The Labute approximate surface area is 120 Å². The summed E-state index contributed by atoms with van der Waals surface area (Å²) in [4.78, 5) is 4.65. The Kier molecular flexibility index (Phi) is 5.54. The van der Waals surface area contributed by atoms with Crippen LogP contribution in [0.3, 0.4) is 0 Å². The first-order valence-electron chi connectivity index (χ1n) is 7.14. The summed E-state index contributed by atoms with van der Waals surface area (Å²) in [6.07, 6.45) is 5.34. The molecule has 1 heterocycles. The quantitative estimate of drug-likeness (QED) is 0.842. The molecule has 3 unspecified atom stereocenters. The van der Waals surface area contributed by atoms with Gasteiger partial charge in [0.15, 0.2) is 5.17 Å². The Hall–Kier alpha value is -0.260. The van der Waals surface area contributed by atoms with Gasteiger partial charge in [-0.1, -0.05) is 31.5 Å². The summed E-state index contributed by atoms with van der Waals surface area (Å²) in [5, 5.41) is 4.76. The minimum absolute atomic E-state index is 0.0572. The first kappa shape index (κ1) is 15.1. The van der Waals surface area contributed by atoms with Crippen molar-refractivity contribution in [1.29, 1.82) is 0 Å². The van der Waals surface area contributed by atoms with E-state index in [1.807, 2.05) is 11.8 Å². The summed E-state index contributed by atoms with van der Waals surface area (Å²) in [5.74, 6) is 2.00. The Bertz CT molecular complexity index is 325. The summed E-state index contributed by atoms with van der Waals surface area (Å²) < 4.78 is 10.4. The third-order valence-electron chi connectivity index (χ3n) is 4.07. The Morgan fingerprint density at radius 2 is 2.37 bits per heavy atom. The van der Waals surface area contributed by atoms with E-state index in [2.05, 4.69) is 17.2 Å². The van der Waals surface area contributed by atoms with Gasteiger partial charge in [-0.15, -0.1) is 0 Å². The summed E-state index contributed by atoms with van der Waals surface area (Å²) >= 11 is 1.86. The number of aliphatic imine (C=N–C) groups is 1. The molecule has 1 N–H and O–H groups in total. The Balaban J connectivity index is 1.86. The number of methoxy groups -OCH3 is 2. The number of nitrogens with zero attached hydrogens (tertiary/aromatic N) is 1. The smallest absolute Gasteiger partial charge is 0.157 e. The van der Waals surface area contributed by atoms with Crippen molar-refractivity contribution in [2.24, 2.45) is 10.9 Å². The van der Waals surface area contributed by atoms with Crippen LogP contribution in [0.15, 0.2) is 4.99 Å². The predicted octanol–water partition coefficient (Wildman–Crippen LogP) is 2.29. The lowest BCUT2D eigenvalue weighted by atomic mass is 9.78. The third-order valence-corrected chi connectivity index (χ3v) is 5.27. The maximum atomic E-state index is 5.34. The SMILES string of the molecule is COCC(CN=C1NC2(CCCC(C)C2)CS1)OC. The summed E-state index contributed by atoms with van der Waals surface area (Å²) in [7, 11) is 3.41. The second kappa shape index (κ2) is 6.95. The van der Waals surface area contributed by atoms with E-state index in [4.69, 9.17) is 9.47 Å². The number of nitrogens with one attached hydrogen (secondary N) is 1. The number of amidine groups is 1. The van der Waals surface area contributed by atoms with E-state index in [1.165, 1.54) is 25.7 Å². The van der Waals surface area contributed by atoms with Gasteiger partial charge in [0.1, 0.15) is 0 Å². The van der Waals surface area contributed by atoms with Crippen LogP contribution in [0.2, 0.25) is 0 Å². The maximum absolute atomic E-state index is 5.34. The fourth-order valence-electron chi connectivity index (χ4n) is 3.06. The van der Waals surface area contributed by atoms with Crippen molar-refractivity contribution in [1.82, 2.24) is 5.32 Å². The zero-order valence-electron chi connectivity index (χ0n) is 12.3. The van der Waals surface area contributed by atoms with Crippen molar-refractivity contribution >= 4 is 16.9 Å². The van der Waals surface area contributed by atoms with Gasteiger partial charge < -0.3 is 14.8 Å². The summed E-state index contributed by atoms with van der Waals surface area (Å²) in [6.45, 7) is 3.63. The molecule has 1 spiro atoms. The first-order valence-corrected chi connectivity index (χ1v) is 8.13. The average molecular weight is 286 g/mol. The molecule has 2 aliphatic rings. The van der Waals surface area contributed by atoms with Gasteiger partial charge in [0, 0.05) is 25.5 Å². The van der Waals surface area contributed by atoms with E-state index in [9.17, 15) is 0 Å². The van der Waals surface area contributed by atoms with Gasteiger partial charge in [0.2, 0.25) is 0 Å². The zero-order chi connectivity index (χ0) is 13.7. The van der Waals surface area contributed by atoms with Gasteiger partial charge in [0.05, 0.1) is 19.3 Å². The van der Waals surface area contributed by atoms with Crippen LogP contribution < -0.4 is 5.32 Å². The molecule has 2 rings (SSSR count). The normalized spacial score (nSPS) is 34.7. The van der Waals surface area contributed by atoms with Crippen LogP contribution in [-0.2, 0) is 9.47 Å². The van der Waals surface area contributed by atoms with E-state index < -0.39 is 0 Å². The number of rotatable bonds is 5. The van der Waals surface area contributed by atoms with Gasteiger partial charge >= 0.3 is 0 Å². The first-order chi connectivity index (χ1) is 9.17. The van der Waals surface area contributed by atoms with Crippen molar-refractivity contribution in [2.75, 3.05) is 33.1 Å². The van der Waals surface area contributed by atoms with Crippen molar-refractivity contribution < 1.29 is 9.47 Å². The van der Waals surface area contributed by atoms with Crippen molar-refractivity contribution in [2.45, 2.75) is 44.2 Å². The lowest BCUT2D eigenvalue weighted by Gasteiger charge is -2.36. The fourth-order valence-corrected chi connectivity index (χ4v) is 4.26. The predicted molar refractivity (Wildman–Crippen MR) is 80.9 cm³/mol. The molecule has 0 aromatic rings. The third kappa shape index (κ3) is 4.10. The highest BCUT2D eigenvalue weighted by Crippen LogP contribution is 2.38. The molecule has 0 amide bonds. The molecule has 110 valence electrons. The molecular weight excluding hydrogens is 260 g/mol. The highest BCUT2D eigenvalue weighted by Gasteiger charge is 2.40. The van der Waals surface area contributed by atoms with Crippen LogP contribution in [0.5, 0.6) is 0 Å². The average Bonchev–Trinajstić information content (AvgIpc) is 2.77. The van der Waals surface area contributed by atoms with Crippen LogP contribution in [0, 0.1) is 5.92 Å². The largest absolute Gasteiger partial charge is 0.382 e. The maximum Gasteiger partial charge on any atom is 0.157 e. The molecule has 0 radical (unpaired) electrons. The molecule has 4 nitrogen and oxygen atoms in total. The molecule has 3 atom stereocenters. The highest BCUT2D eigenvalue weighted by atomic mass is 32.2. The number of ether oxygens (including phenoxy) is 2. The van der Waals surface area contributed by atoms with E-state index in [0.717, 1.165) is 16.8 Å². The minimum Gasteiger partial charge on any atom is -0.382 e. The van der Waals surface area contributed by atoms with Crippen LogP contribution >= 0.6 is 11.8 Å². The molecule has 0 bridgehead atoms. The van der Waals surface area contributed by atoms with Crippen LogP contribution in [0.25, 0.3) is 0 Å². The molecule has 1 saturated carbocycles. The van der Waals surface area contributed by atoms with E-state index in [-0.39, 0.29) is 6.10 Å². The number of thioether (sulfide) groups is 1. The van der Waals surface area contributed by atoms with Gasteiger partial charge in [0.25, 0.3) is 0 Å². The summed E-state index contributed by atoms with van der Waals surface area (Å²) in [6, 6.07) is 0. The monoisotopic (exact) mass is 286 g/mol. The molecule has 1 aliphatic carbocycles. The van der Waals surface area contributed by atoms with Crippen molar-refractivity contribution in [3.8, 4) is 0 Å². The lowest BCUT2D eigenvalue weighted by molar-refractivity contribution is 0.0344. The Morgan fingerprint density at radius 1 is 1.53 bits per heavy atom. The summed E-state index contributed by atoms with van der Waals surface area (Å²) in [5.41, 5.74) is 0.311. The van der Waals surface area contributed by atoms with Crippen LogP contribution in [0.4, 0.5) is 0 Å². The standard InChI is InChI=1S/C14H26N2O2S/c1-11-5-4-6-14(7-11)10-19-13(16-14)15-8-12(18-3)9-17-2/h11-12H,4-10H2,1-3H3,(H,15,16). The second-order valence-corrected chi connectivity index (χ2v) is 6.82. The second-order valence-electron chi connectivity index (χ2n) is 5.85. The minimum atomic E-state index is 0.0572. The van der Waals surface area contributed by atoms with Crippen molar-refractivity contribution in [3.63, 3.8) is 0 Å². The van der Waals surface area contributed by atoms with E-state index in [1.54, 1.807) is 14.2 Å². The van der Waals surface area contributed by atoms with Gasteiger partial charge in [-0.05, 0) is 18.8 Å². The highest BCUT2D eigenvalue weighted by molar-refractivity contribution is 8.14. The molecule has 19 heavy (non-hydrogen) atoms. The fraction of sp³-hybridized carbons (Fsp3) is 0.929. The molecule has 5 heteroatoms. The van der Waals surface area contributed by atoms with Crippen LogP contribution in [-0.4, -0.2) is 49.9 Å². The van der Waals surface area contributed by atoms with Gasteiger partial charge in [-0.25, -0.2) is 0 Å². The Morgan fingerprint density at radius 3 is 3.05 bits per heavy atom. The lowest BCUT2D eigenvalue weighted by Crippen LogP contribution is -2.47. The molecule has 0 aromatic carbocycles.